The van der Waals surface area contributed by atoms with Gasteiger partial charge in [-0.3, -0.25) is 0 Å². The van der Waals surface area contributed by atoms with Crippen molar-refractivity contribution in [2.45, 2.75) is 39.2 Å². The van der Waals surface area contributed by atoms with Crippen molar-refractivity contribution in [3.05, 3.63) is 11.7 Å². The summed E-state index contributed by atoms with van der Waals surface area (Å²) in [5, 5.41) is 7.24. The van der Waals surface area contributed by atoms with E-state index in [1.807, 2.05) is 6.92 Å². The molecule has 0 bridgehead atoms. The van der Waals surface area contributed by atoms with E-state index in [9.17, 15) is 0 Å². The lowest BCUT2D eigenvalue weighted by Crippen LogP contribution is -2.19. The summed E-state index contributed by atoms with van der Waals surface area (Å²) < 4.78 is 10.2. The van der Waals surface area contributed by atoms with Gasteiger partial charge in [0.05, 0.1) is 6.04 Å². The highest BCUT2D eigenvalue weighted by Gasteiger charge is 2.12. The molecule has 0 saturated carbocycles. The molecule has 0 aromatic carbocycles. The van der Waals surface area contributed by atoms with Crippen molar-refractivity contribution in [2.24, 2.45) is 0 Å². The molecule has 0 aliphatic carbocycles. The van der Waals surface area contributed by atoms with Crippen molar-refractivity contribution in [1.82, 2.24) is 15.5 Å². The Kier molecular flexibility index (Phi) is 6.03. The third-order valence-electron chi connectivity index (χ3n) is 2.30. The van der Waals surface area contributed by atoms with Crippen molar-refractivity contribution in [2.75, 3.05) is 20.3 Å². The quantitative estimate of drug-likeness (QED) is 0.685. The van der Waals surface area contributed by atoms with E-state index in [2.05, 4.69) is 22.4 Å². The zero-order valence-corrected chi connectivity index (χ0v) is 10.3. The molecule has 1 unspecified atom stereocenters. The van der Waals surface area contributed by atoms with Crippen LogP contribution < -0.4 is 5.32 Å². The van der Waals surface area contributed by atoms with Crippen molar-refractivity contribution < 1.29 is 9.26 Å². The third-order valence-corrected chi connectivity index (χ3v) is 2.30. The van der Waals surface area contributed by atoms with Gasteiger partial charge < -0.3 is 14.6 Å². The summed E-state index contributed by atoms with van der Waals surface area (Å²) in [5.41, 5.74) is 0. The Morgan fingerprint density at radius 2 is 2.31 bits per heavy atom. The van der Waals surface area contributed by atoms with Crippen molar-refractivity contribution in [3.63, 3.8) is 0 Å². The van der Waals surface area contributed by atoms with Gasteiger partial charge in [-0.05, 0) is 26.3 Å². The average Bonchev–Trinajstić information content (AvgIpc) is 2.75. The lowest BCUT2D eigenvalue weighted by Gasteiger charge is -2.06. The van der Waals surface area contributed by atoms with E-state index < -0.39 is 0 Å². The van der Waals surface area contributed by atoms with Crippen LogP contribution >= 0.6 is 0 Å². The fourth-order valence-corrected chi connectivity index (χ4v) is 1.37. The maximum atomic E-state index is 5.19. The highest BCUT2D eigenvalue weighted by atomic mass is 16.5. The minimum absolute atomic E-state index is 0.128. The van der Waals surface area contributed by atoms with Gasteiger partial charge in [0.15, 0.2) is 5.82 Å². The van der Waals surface area contributed by atoms with Crippen LogP contribution in [0.5, 0.6) is 0 Å². The van der Waals surface area contributed by atoms with E-state index in [4.69, 9.17) is 9.26 Å². The molecule has 16 heavy (non-hydrogen) atoms. The number of hydrogen-bond acceptors (Lipinski definition) is 5. The number of nitrogens with one attached hydrogen (secondary N) is 1. The van der Waals surface area contributed by atoms with E-state index in [0.717, 1.165) is 38.2 Å². The number of aryl methyl sites for hydroxylation is 1. The highest BCUT2D eigenvalue weighted by molar-refractivity contribution is 4.91. The molecule has 0 amide bonds. The fraction of sp³-hybridized carbons (Fsp3) is 0.818. The van der Waals surface area contributed by atoms with Crippen LogP contribution in [0.25, 0.3) is 0 Å². The Hall–Kier alpha value is -0.940. The third kappa shape index (κ3) is 4.28. The van der Waals surface area contributed by atoms with Gasteiger partial charge in [-0.2, -0.15) is 4.98 Å². The van der Waals surface area contributed by atoms with Crippen LogP contribution in [0.3, 0.4) is 0 Å². The number of ether oxygens (including phenoxy) is 1. The Labute approximate surface area is 96.6 Å². The van der Waals surface area contributed by atoms with Gasteiger partial charge in [-0.25, -0.2) is 0 Å². The van der Waals surface area contributed by atoms with Gasteiger partial charge in [-0.1, -0.05) is 12.1 Å². The molecule has 0 aliphatic heterocycles. The van der Waals surface area contributed by atoms with Crippen molar-refractivity contribution in [3.8, 4) is 0 Å². The standard InChI is InChI=1S/C11H21N3O2/c1-4-7-12-9(2)11-13-10(14-16-11)6-5-8-15-3/h9,12H,4-8H2,1-3H3. The maximum Gasteiger partial charge on any atom is 0.243 e. The minimum Gasteiger partial charge on any atom is -0.385 e. The predicted octanol–water partition coefficient (Wildman–Crippen LogP) is 1.71. The van der Waals surface area contributed by atoms with Gasteiger partial charge in [0.25, 0.3) is 0 Å². The Bertz CT molecular complexity index is 289. The Balaban J connectivity index is 2.37. The summed E-state index contributed by atoms with van der Waals surface area (Å²) in [5.74, 6) is 1.43. The van der Waals surface area contributed by atoms with Crippen LogP contribution in [0.4, 0.5) is 0 Å². The monoisotopic (exact) mass is 227 g/mol. The zero-order valence-electron chi connectivity index (χ0n) is 10.3. The van der Waals surface area contributed by atoms with E-state index in [-0.39, 0.29) is 6.04 Å². The number of nitrogens with zero attached hydrogens (tertiary/aromatic N) is 2. The molecule has 5 nitrogen and oxygen atoms in total. The predicted molar refractivity (Wildman–Crippen MR) is 61.2 cm³/mol. The number of rotatable bonds is 8. The second-order valence-electron chi connectivity index (χ2n) is 3.82. The highest BCUT2D eigenvalue weighted by Crippen LogP contribution is 2.10. The SMILES string of the molecule is CCCNC(C)c1nc(CCCOC)no1. The lowest BCUT2D eigenvalue weighted by atomic mass is 10.3. The van der Waals surface area contributed by atoms with Crippen molar-refractivity contribution >= 4 is 0 Å². The van der Waals surface area contributed by atoms with Gasteiger partial charge in [-0.15, -0.1) is 0 Å². The summed E-state index contributed by atoms with van der Waals surface area (Å²) in [6.45, 7) is 5.85. The van der Waals surface area contributed by atoms with Crippen LogP contribution in [0.15, 0.2) is 4.52 Å². The van der Waals surface area contributed by atoms with E-state index in [1.54, 1.807) is 7.11 Å². The first-order valence-electron chi connectivity index (χ1n) is 5.82. The largest absolute Gasteiger partial charge is 0.385 e. The summed E-state index contributed by atoms with van der Waals surface area (Å²) >= 11 is 0. The second-order valence-corrected chi connectivity index (χ2v) is 3.82. The normalized spacial score (nSPS) is 12.9. The van der Waals surface area contributed by atoms with Crippen LogP contribution in [-0.2, 0) is 11.2 Å². The minimum atomic E-state index is 0.128. The molecule has 1 rings (SSSR count). The van der Waals surface area contributed by atoms with Crippen LogP contribution in [0.2, 0.25) is 0 Å². The zero-order chi connectivity index (χ0) is 11.8. The van der Waals surface area contributed by atoms with Crippen LogP contribution in [0, 0.1) is 0 Å². The molecule has 1 atom stereocenters. The lowest BCUT2D eigenvalue weighted by molar-refractivity contribution is 0.194. The smallest absolute Gasteiger partial charge is 0.243 e. The molecule has 92 valence electrons. The molecule has 0 fully saturated rings. The molecule has 1 aromatic rings. The van der Waals surface area contributed by atoms with E-state index >= 15 is 0 Å². The first kappa shape index (κ1) is 13.1. The van der Waals surface area contributed by atoms with Gasteiger partial charge in [0.2, 0.25) is 5.89 Å². The van der Waals surface area contributed by atoms with Gasteiger partial charge >= 0.3 is 0 Å². The molecule has 1 heterocycles. The molecule has 1 N–H and O–H groups in total. The average molecular weight is 227 g/mol. The maximum absolute atomic E-state index is 5.19. The van der Waals surface area contributed by atoms with Crippen LogP contribution in [-0.4, -0.2) is 30.4 Å². The molecule has 0 spiro atoms. The molecule has 0 aliphatic rings. The topological polar surface area (TPSA) is 60.2 Å². The summed E-state index contributed by atoms with van der Waals surface area (Å²) in [7, 11) is 1.69. The summed E-state index contributed by atoms with van der Waals surface area (Å²) in [4.78, 5) is 4.34. The Morgan fingerprint density at radius 3 is 3.00 bits per heavy atom. The number of methoxy groups -OCH3 is 1. The molecule has 5 heteroatoms. The van der Waals surface area contributed by atoms with Gasteiger partial charge in [0, 0.05) is 20.1 Å². The summed E-state index contributed by atoms with van der Waals surface area (Å²) in [6, 6.07) is 0.128. The second kappa shape index (κ2) is 7.35. The first-order valence-corrected chi connectivity index (χ1v) is 5.82. The van der Waals surface area contributed by atoms with Gasteiger partial charge in [0.1, 0.15) is 0 Å². The first-order chi connectivity index (χ1) is 7.77. The Morgan fingerprint density at radius 1 is 1.50 bits per heavy atom. The number of aromatic nitrogens is 2. The molecular weight excluding hydrogens is 206 g/mol. The fourth-order valence-electron chi connectivity index (χ4n) is 1.37. The summed E-state index contributed by atoms with van der Waals surface area (Å²) in [6.07, 6.45) is 2.82. The van der Waals surface area contributed by atoms with Crippen LogP contribution in [0.1, 0.15) is 44.4 Å². The van der Waals surface area contributed by atoms with Crippen molar-refractivity contribution in [1.29, 1.82) is 0 Å². The molecule has 0 saturated heterocycles. The molecular formula is C11H21N3O2. The van der Waals surface area contributed by atoms with E-state index in [0.29, 0.717) is 5.89 Å². The number of hydrogen-bond donors (Lipinski definition) is 1. The molecule has 0 radical (unpaired) electrons. The molecule has 1 aromatic heterocycles. The van der Waals surface area contributed by atoms with E-state index in [1.165, 1.54) is 0 Å².